The highest BCUT2D eigenvalue weighted by atomic mass is 79.9. The monoisotopic (exact) mass is 330 g/mol. The third kappa shape index (κ3) is 2.00. The number of carboxylic acid groups (broad SMARTS) is 1. The summed E-state index contributed by atoms with van der Waals surface area (Å²) < 4.78 is 2.69. The van der Waals surface area contributed by atoms with Gasteiger partial charge in [0.25, 0.3) is 0 Å². The highest BCUT2D eigenvalue weighted by Crippen LogP contribution is 2.27. The average molecular weight is 331 g/mol. The molecule has 0 aliphatic rings. The van der Waals surface area contributed by atoms with E-state index in [1.54, 1.807) is 29.1 Å². The number of halogens is 1. The minimum absolute atomic E-state index is 0.243. The van der Waals surface area contributed by atoms with Crippen molar-refractivity contribution in [3.63, 3.8) is 0 Å². The molecule has 0 bridgehead atoms. The number of carboxylic acids is 1. The molecule has 0 spiro atoms. The minimum Gasteiger partial charge on any atom is -0.478 e. The van der Waals surface area contributed by atoms with E-state index in [-0.39, 0.29) is 5.56 Å². The summed E-state index contributed by atoms with van der Waals surface area (Å²) in [5.41, 5.74) is 3.50. The van der Waals surface area contributed by atoms with Crippen LogP contribution in [-0.4, -0.2) is 20.6 Å². The predicted molar refractivity (Wildman–Crippen MR) is 80.5 cm³/mol. The molecule has 1 aromatic heterocycles. The zero-order valence-electron chi connectivity index (χ0n) is 10.7. The van der Waals surface area contributed by atoms with Crippen LogP contribution in [0.25, 0.3) is 16.7 Å². The molecule has 0 radical (unpaired) electrons. The summed E-state index contributed by atoms with van der Waals surface area (Å²) in [6, 6.07) is 11.0. The molecule has 0 aliphatic carbocycles. The van der Waals surface area contributed by atoms with Crippen molar-refractivity contribution in [3.05, 3.63) is 58.3 Å². The number of aryl methyl sites for hydroxylation is 1. The van der Waals surface area contributed by atoms with Gasteiger partial charge in [-0.3, -0.25) is 4.57 Å². The van der Waals surface area contributed by atoms with Crippen molar-refractivity contribution in [2.45, 2.75) is 6.92 Å². The van der Waals surface area contributed by atoms with E-state index in [1.807, 2.05) is 25.1 Å². The molecule has 4 nitrogen and oxygen atoms in total. The Morgan fingerprint density at radius 2 is 2.10 bits per heavy atom. The maximum Gasteiger partial charge on any atom is 0.337 e. The van der Waals surface area contributed by atoms with Crippen LogP contribution in [0.15, 0.2) is 47.2 Å². The molecule has 0 amide bonds. The SMILES string of the molecule is Cc1ccc(-n2cnc3cccc(C(=O)O)c32)c(Br)c1. The number of fused-ring (bicyclic) bond motifs is 1. The number of rotatable bonds is 2. The van der Waals surface area contributed by atoms with E-state index in [0.29, 0.717) is 11.0 Å². The van der Waals surface area contributed by atoms with Crippen molar-refractivity contribution in [2.24, 2.45) is 0 Å². The van der Waals surface area contributed by atoms with Crippen molar-refractivity contribution in [2.75, 3.05) is 0 Å². The van der Waals surface area contributed by atoms with E-state index in [9.17, 15) is 9.90 Å². The highest BCUT2D eigenvalue weighted by molar-refractivity contribution is 9.10. The second kappa shape index (κ2) is 4.76. The normalized spacial score (nSPS) is 10.9. The van der Waals surface area contributed by atoms with Gasteiger partial charge in [-0.25, -0.2) is 9.78 Å². The van der Waals surface area contributed by atoms with Gasteiger partial charge in [0.05, 0.1) is 22.3 Å². The lowest BCUT2D eigenvalue weighted by Gasteiger charge is -2.09. The molecule has 0 unspecified atom stereocenters. The fourth-order valence-electron chi connectivity index (χ4n) is 2.23. The molecule has 5 heteroatoms. The Hall–Kier alpha value is -2.14. The number of hydrogen-bond acceptors (Lipinski definition) is 2. The van der Waals surface area contributed by atoms with Crippen LogP contribution in [0.5, 0.6) is 0 Å². The van der Waals surface area contributed by atoms with Crippen LogP contribution in [-0.2, 0) is 0 Å². The van der Waals surface area contributed by atoms with Gasteiger partial charge < -0.3 is 5.11 Å². The number of aromatic carboxylic acids is 1. The molecule has 1 heterocycles. The lowest BCUT2D eigenvalue weighted by atomic mass is 10.1. The van der Waals surface area contributed by atoms with Gasteiger partial charge in [0.15, 0.2) is 0 Å². The van der Waals surface area contributed by atoms with Crippen molar-refractivity contribution in [3.8, 4) is 5.69 Å². The topological polar surface area (TPSA) is 55.1 Å². The van der Waals surface area contributed by atoms with E-state index in [2.05, 4.69) is 20.9 Å². The number of carbonyl (C=O) groups is 1. The quantitative estimate of drug-likeness (QED) is 0.777. The summed E-state index contributed by atoms with van der Waals surface area (Å²) in [5, 5.41) is 9.33. The van der Waals surface area contributed by atoms with E-state index >= 15 is 0 Å². The van der Waals surface area contributed by atoms with Crippen LogP contribution in [0.3, 0.4) is 0 Å². The Kier molecular flexibility index (Phi) is 3.06. The Bertz CT molecular complexity index is 824. The number of benzene rings is 2. The molecular weight excluding hydrogens is 320 g/mol. The number of para-hydroxylation sites is 1. The van der Waals surface area contributed by atoms with Crippen LogP contribution in [0, 0.1) is 6.92 Å². The van der Waals surface area contributed by atoms with Gasteiger partial charge in [-0.15, -0.1) is 0 Å². The Morgan fingerprint density at radius 1 is 1.30 bits per heavy atom. The Morgan fingerprint density at radius 3 is 2.80 bits per heavy atom. The maximum atomic E-state index is 11.4. The largest absolute Gasteiger partial charge is 0.478 e. The molecule has 1 N–H and O–H groups in total. The zero-order valence-corrected chi connectivity index (χ0v) is 12.3. The van der Waals surface area contributed by atoms with Crippen LogP contribution < -0.4 is 0 Å². The number of aromatic nitrogens is 2. The molecule has 3 rings (SSSR count). The highest BCUT2D eigenvalue weighted by Gasteiger charge is 2.15. The molecule has 100 valence electrons. The van der Waals surface area contributed by atoms with Gasteiger partial charge >= 0.3 is 5.97 Å². The van der Waals surface area contributed by atoms with Crippen LogP contribution in [0.1, 0.15) is 15.9 Å². The minimum atomic E-state index is -0.958. The first kappa shape index (κ1) is 12.9. The average Bonchev–Trinajstić information content (AvgIpc) is 2.82. The van der Waals surface area contributed by atoms with Gasteiger partial charge in [0.2, 0.25) is 0 Å². The maximum absolute atomic E-state index is 11.4. The summed E-state index contributed by atoms with van der Waals surface area (Å²) >= 11 is 3.52. The van der Waals surface area contributed by atoms with Crippen molar-refractivity contribution in [1.82, 2.24) is 9.55 Å². The molecule has 2 aromatic carbocycles. The lowest BCUT2D eigenvalue weighted by molar-refractivity contribution is 0.0698. The smallest absolute Gasteiger partial charge is 0.337 e. The predicted octanol–water partition coefficient (Wildman–Crippen LogP) is 3.79. The van der Waals surface area contributed by atoms with Gasteiger partial charge in [-0.1, -0.05) is 12.1 Å². The van der Waals surface area contributed by atoms with Gasteiger partial charge in [0, 0.05) is 4.47 Å². The molecule has 0 saturated heterocycles. The number of nitrogens with zero attached hydrogens (tertiary/aromatic N) is 2. The van der Waals surface area contributed by atoms with Crippen molar-refractivity contribution in [1.29, 1.82) is 0 Å². The third-order valence-electron chi connectivity index (χ3n) is 3.16. The fraction of sp³-hybridized carbons (Fsp3) is 0.0667. The van der Waals surface area contributed by atoms with Gasteiger partial charge in [-0.05, 0) is 52.7 Å². The zero-order chi connectivity index (χ0) is 14.3. The summed E-state index contributed by atoms with van der Waals surface area (Å²) in [6.07, 6.45) is 1.65. The van der Waals surface area contributed by atoms with Crippen molar-refractivity contribution >= 4 is 32.9 Å². The molecule has 0 atom stereocenters. The summed E-state index contributed by atoms with van der Waals surface area (Å²) in [5.74, 6) is -0.958. The van der Waals surface area contributed by atoms with Crippen molar-refractivity contribution < 1.29 is 9.90 Å². The van der Waals surface area contributed by atoms with E-state index in [0.717, 1.165) is 15.7 Å². The van der Waals surface area contributed by atoms with E-state index in [1.165, 1.54) is 0 Å². The number of imidazole rings is 1. The van der Waals surface area contributed by atoms with Crippen LogP contribution >= 0.6 is 15.9 Å². The second-order valence-corrected chi connectivity index (χ2v) is 5.40. The lowest BCUT2D eigenvalue weighted by Crippen LogP contribution is -2.02. The summed E-state index contributed by atoms with van der Waals surface area (Å²) in [4.78, 5) is 15.7. The molecule has 20 heavy (non-hydrogen) atoms. The first-order chi connectivity index (χ1) is 9.58. The Labute approximate surface area is 123 Å². The Balaban J connectivity index is 2.34. The molecule has 0 saturated carbocycles. The number of hydrogen-bond donors (Lipinski definition) is 1. The van der Waals surface area contributed by atoms with Gasteiger partial charge in [-0.2, -0.15) is 0 Å². The summed E-state index contributed by atoms with van der Waals surface area (Å²) in [6.45, 7) is 2.00. The van der Waals surface area contributed by atoms with E-state index < -0.39 is 5.97 Å². The molecule has 3 aromatic rings. The summed E-state index contributed by atoms with van der Waals surface area (Å²) in [7, 11) is 0. The third-order valence-corrected chi connectivity index (χ3v) is 3.80. The standard InChI is InChI=1S/C15H11BrN2O2/c1-9-5-6-13(11(16)7-9)18-8-17-12-4-2-3-10(14(12)18)15(19)20/h2-8H,1H3,(H,19,20). The van der Waals surface area contributed by atoms with E-state index in [4.69, 9.17) is 0 Å². The van der Waals surface area contributed by atoms with Crippen LogP contribution in [0.4, 0.5) is 0 Å². The molecular formula is C15H11BrN2O2. The van der Waals surface area contributed by atoms with Gasteiger partial charge in [0.1, 0.15) is 6.33 Å². The first-order valence-corrected chi connectivity index (χ1v) is 6.83. The molecule has 0 aliphatic heterocycles. The second-order valence-electron chi connectivity index (χ2n) is 4.55. The first-order valence-electron chi connectivity index (χ1n) is 6.04. The fourth-order valence-corrected chi connectivity index (χ4v) is 2.91. The molecule has 0 fully saturated rings. The van der Waals surface area contributed by atoms with Crippen LogP contribution in [0.2, 0.25) is 0 Å².